The Morgan fingerprint density at radius 3 is 2.60 bits per heavy atom. The molecule has 1 N–H and O–H groups in total. The van der Waals surface area contributed by atoms with E-state index in [0.29, 0.717) is 23.1 Å². The zero-order chi connectivity index (χ0) is 14.7. The van der Waals surface area contributed by atoms with Crippen LogP contribution < -0.4 is 14.8 Å². The summed E-state index contributed by atoms with van der Waals surface area (Å²) in [6.07, 6.45) is 1.93. The number of anilines is 1. The molecule has 0 saturated heterocycles. The minimum Gasteiger partial charge on any atom is -0.493 e. The number of nitrogens with zero attached hydrogens (tertiary/aromatic N) is 2. The normalized spacial score (nSPS) is 10.4. The van der Waals surface area contributed by atoms with E-state index < -0.39 is 0 Å². The van der Waals surface area contributed by atoms with Crippen LogP contribution in [0.2, 0.25) is 5.02 Å². The van der Waals surface area contributed by atoms with Gasteiger partial charge in [-0.15, -0.1) is 0 Å². The molecular formula is C14H18ClN3O2. The summed E-state index contributed by atoms with van der Waals surface area (Å²) in [6.45, 7) is 2.55. The maximum Gasteiger partial charge on any atom is 0.179 e. The van der Waals surface area contributed by atoms with Crippen molar-refractivity contribution in [2.45, 2.75) is 13.5 Å². The van der Waals surface area contributed by atoms with Crippen LogP contribution in [0, 0.1) is 6.92 Å². The lowest BCUT2D eigenvalue weighted by molar-refractivity contribution is 0.355. The molecule has 0 radical (unpaired) electrons. The van der Waals surface area contributed by atoms with Gasteiger partial charge in [-0.3, -0.25) is 4.68 Å². The average Bonchev–Trinajstić information content (AvgIpc) is 2.75. The predicted molar refractivity (Wildman–Crippen MR) is 79.8 cm³/mol. The first-order valence-corrected chi connectivity index (χ1v) is 6.58. The maximum atomic E-state index is 6.34. The van der Waals surface area contributed by atoms with Crippen LogP contribution in [0.4, 0.5) is 5.69 Å². The zero-order valence-electron chi connectivity index (χ0n) is 12.0. The molecule has 0 saturated carbocycles. The number of ether oxygens (including phenoxy) is 2. The molecule has 1 aromatic carbocycles. The topological polar surface area (TPSA) is 48.3 Å². The van der Waals surface area contributed by atoms with Crippen LogP contribution in [0.15, 0.2) is 18.3 Å². The lowest BCUT2D eigenvalue weighted by Gasteiger charge is -2.13. The summed E-state index contributed by atoms with van der Waals surface area (Å²) in [6, 6.07) is 3.76. The molecular weight excluding hydrogens is 278 g/mol. The van der Waals surface area contributed by atoms with Crippen molar-refractivity contribution in [3.05, 3.63) is 34.6 Å². The van der Waals surface area contributed by atoms with Crippen LogP contribution in [0.1, 0.15) is 11.3 Å². The smallest absolute Gasteiger partial charge is 0.179 e. The highest BCUT2D eigenvalue weighted by Crippen LogP contribution is 2.37. The number of nitrogens with one attached hydrogen (secondary N) is 1. The van der Waals surface area contributed by atoms with E-state index in [2.05, 4.69) is 10.4 Å². The molecule has 0 aliphatic heterocycles. The van der Waals surface area contributed by atoms with Gasteiger partial charge >= 0.3 is 0 Å². The van der Waals surface area contributed by atoms with E-state index in [1.165, 1.54) is 0 Å². The van der Waals surface area contributed by atoms with Crippen LogP contribution in [0.3, 0.4) is 0 Å². The molecule has 0 aliphatic carbocycles. The quantitative estimate of drug-likeness (QED) is 0.921. The summed E-state index contributed by atoms with van der Waals surface area (Å²) in [5, 5.41) is 8.16. The van der Waals surface area contributed by atoms with Gasteiger partial charge in [0.25, 0.3) is 0 Å². The van der Waals surface area contributed by atoms with Gasteiger partial charge < -0.3 is 14.8 Å². The molecule has 2 aromatic rings. The Kier molecular flexibility index (Phi) is 4.39. The number of aryl methyl sites for hydroxylation is 2. The van der Waals surface area contributed by atoms with E-state index in [1.807, 2.05) is 32.3 Å². The highest BCUT2D eigenvalue weighted by molar-refractivity contribution is 6.33. The van der Waals surface area contributed by atoms with Gasteiger partial charge in [-0.1, -0.05) is 17.7 Å². The number of hydrogen-bond acceptors (Lipinski definition) is 4. The molecule has 2 rings (SSSR count). The molecule has 6 heteroatoms. The Morgan fingerprint density at radius 1 is 1.30 bits per heavy atom. The lowest BCUT2D eigenvalue weighted by Crippen LogP contribution is -2.02. The first-order valence-electron chi connectivity index (χ1n) is 6.20. The molecule has 108 valence electrons. The largest absolute Gasteiger partial charge is 0.493 e. The molecule has 0 aliphatic rings. The van der Waals surface area contributed by atoms with Crippen molar-refractivity contribution in [3.63, 3.8) is 0 Å². The maximum absolute atomic E-state index is 6.34. The fourth-order valence-corrected chi connectivity index (χ4v) is 2.33. The third-order valence-corrected chi connectivity index (χ3v) is 3.46. The highest BCUT2D eigenvalue weighted by atomic mass is 35.5. The van der Waals surface area contributed by atoms with E-state index in [0.717, 1.165) is 16.9 Å². The van der Waals surface area contributed by atoms with Crippen LogP contribution in [0.5, 0.6) is 11.5 Å². The van der Waals surface area contributed by atoms with E-state index in [1.54, 1.807) is 18.9 Å². The SMILES string of the molecule is COc1ccc(CNc2cn(C)nc2C)c(Cl)c1OC. The molecule has 5 nitrogen and oxygen atoms in total. The van der Waals surface area contributed by atoms with Crippen molar-refractivity contribution in [3.8, 4) is 11.5 Å². The number of methoxy groups -OCH3 is 2. The second-order valence-corrected chi connectivity index (χ2v) is 4.81. The molecule has 20 heavy (non-hydrogen) atoms. The number of rotatable bonds is 5. The van der Waals surface area contributed by atoms with Gasteiger partial charge in [0.05, 0.1) is 30.6 Å². The summed E-state index contributed by atoms with van der Waals surface area (Å²) in [5.41, 5.74) is 2.87. The third kappa shape index (κ3) is 2.82. The fraction of sp³-hybridized carbons (Fsp3) is 0.357. The molecule has 0 amide bonds. The van der Waals surface area contributed by atoms with Crippen molar-refractivity contribution < 1.29 is 9.47 Å². The monoisotopic (exact) mass is 295 g/mol. The second kappa shape index (κ2) is 6.05. The van der Waals surface area contributed by atoms with Crippen molar-refractivity contribution >= 4 is 17.3 Å². The molecule has 0 bridgehead atoms. The molecule has 1 heterocycles. The van der Waals surface area contributed by atoms with E-state index in [9.17, 15) is 0 Å². The Balaban J connectivity index is 2.20. The summed E-state index contributed by atoms with van der Waals surface area (Å²) in [4.78, 5) is 0. The summed E-state index contributed by atoms with van der Waals surface area (Å²) >= 11 is 6.34. The van der Waals surface area contributed by atoms with Crippen molar-refractivity contribution in [1.82, 2.24) is 9.78 Å². The third-order valence-electron chi connectivity index (χ3n) is 3.05. The van der Waals surface area contributed by atoms with Crippen molar-refractivity contribution in [1.29, 1.82) is 0 Å². The summed E-state index contributed by atoms with van der Waals surface area (Å²) < 4.78 is 12.3. The lowest BCUT2D eigenvalue weighted by atomic mass is 10.2. The number of hydrogen-bond donors (Lipinski definition) is 1. The van der Waals surface area contributed by atoms with Gasteiger partial charge in [-0.25, -0.2) is 0 Å². The van der Waals surface area contributed by atoms with Gasteiger partial charge in [-0.2, -0.15) is 5.10 Å². The van der Waals surface area contributed by atoms with Crippen molar-refractivity contribution in [2.24, 2.45) is 7.05 Å². The van der Waals surface area contributed by atoms with E-state index in [-0.39, 0.29) is 0 Å². The second-order valence-electron chi connectivity index (χ2n) is 4.43. The summed E-state index contributed by atoms with van der Waals surface area (Å²) in [7, 11) is 5.05. The van der Waals surface area contributed by atoms with E-state index in [4.69, 9.17) is 21.1 Å². The Labute approximate surface area is 123 Å². The molecule has 0 spiro atoms. The number of aromatic nitrogens is 2. The minimum absolute atomic E-state index is 0.552. The Bertz CT molecular complexity index is 611. The van der Waals surface area contributed by atoms with Crippen LogP contribution in [-0.4, -0.2) is 24.0 Å². The van der Waals surface area contributed by atoms with Crippen molar-refractivity contribution in [2.75, 3.05) is 19.5 Å². The average molecular weight is 296 g/mol. The summed E-state index contributed by atoms with van der Waals surface area (Å²) in [5.74, 6) is 1.18. The molecule has 0 unspecified atom stereocenters. The predicted octanol–water partition coefficient (Wildman–Crippen LogP) is 3.01. The van der Waals surface area contributed by atoms with Crippen LogP contribution >= 0.6 is 11.6 Å². The molecule has 0 atom stereocenters. The number of halogens is 1. The standard InChI is InChI=1S/C14H18ClN3O2/c1-9-11(8-18(2)17-9)16-7-10-5-6-12(19-3)14(20-4)13(10)15/h5-6,8,16H,7H2,1-4H3. The number of benzene rings is 1. The first kappa shape index (κ1) is 14.5. The minimum atomic E-state index is 0.552. The van der Waals surface area contributed by atoms with Gasteiger partial charge in [0.2, 0.25) is 0 Å². The molecule has 0 fully saturated rings. The van der Waals surface area contributed by atoms with Gasteiger partial charge in [0.15, 0.2) is 11.5 Å². The zero-order valence-corrected chi connectivity index (χ0v) is 12.8. The first-order chi connectivity index (χ1) is 9.56. The molecule has 1 aromatic heterocycles. The van der Waals surface area contributed by atoms with Crippen LogP contribution in [0.25, 0.3) is 0 Å². The van der Waals surface area contributed by atoms with E-state index >= 15 is 0 Å². The van der Waals surface area contributed by atoms with Gasteiger partial charge in [0, 0.05) is 19.8 Å². The Hall–Kier alpha value is -1.88. The van der Waals surface area contributed by atoms with Crippen LogP contribution in [-0.2, 0) is 13.6 Å². The fourth-order valence-electron chi connectivity index (χ4n) is 2.03. The van der Waals surface area contributed by atoms with Gasteiger partial charge in [0.1, 0.15) is 0 Å². The Morgan fingerprint density at radius 2 is 2.05 bits per heavy atom. The van der Waals surface area contributed by atoms with Gasteiger partial charge in [-0.05, 0) is 18.6 Å². The highest BCUT2D eigenvalue weighted by Gasteiger charge is 2.13.